The van der Waals surface area contributed by atoms with Crippen LogP contribution in [0.3, 0.4) is 0 Å². The van der Waals surface area contributed by atoms with Gasteiger partial charge < -0.3 is 14.8 Å². The molecule has 0 saturated carbocycles. The van der Waals surface area contributed by atoms with Crippen LogP contribution in [0.5, 0.6) is 0 Å². The molecule has 0 aromatic carbocycles. The molecule has 1 heterocycles. The monoisotopic (exact) mass is 251 g/mol. The maximum Gasteiger partial charge on any atom is 0.220 e. The summed E-state index contributed by atoms with van der Waals surface area (Å²) in [7, 11) is 0. The van der Waals surface area contributed by atoms with E-state index in [1.807, 2.05) is 6.08 Å². The molecule has 2 rings (SSSR count). The van der Waals surface area contributed by atoms with Gasteiger partial charge >= 0.3 is 0 Å². The number of nitrogens with one attached hydrogen (secondary N) is 1. The van der Waals surface area contributed by atoms with Crippen molar-refractivity contribution in [3.63, 3.8) is 0 Å². The number of amides is 1. The Kier molecular flexibility index (Phi) is 4.67. The van der Waals surface area contributed by atoms with E-state index in [0.29, 0.717) is 19.6 Å². The fraction of sp³-hybridized carbons (Fsp3) is 0.643. The average molecular weight is 251 g/mol. The molecular formula is C14H21NO3. The van der Waals surface area contributed by atoms with E-state index < -0.39 is 0 Å². The third kappa shape index (κ3) is 3.52. The van der Waals surface area contributed by atoms with Crippen molar-refractivity contribution >= 4 is 5.91 Å². The van der Waals surface area contributed by atoms with Gasteiger partial charge in [-0.1, -0.05) is 19.4 Å². The maximum absolute atomic E-state index is 11.5. The van der Waals surface area contributed by atoms with Crippen molar-refractivity contribution in [2.24, 2.45) is 0 Å². The lowest BCUT2D eigenvalue weighted by Crippen LogP contribution is -2.38. The zero-order chi connectivity index (χ0) is 12.8. The van der Waals surface area contributed by atoms with E-state index in [4.69, 9.17) is 9.47 Å². The molecule has 0 spiro atoms. The van der Waals surface area contributed by atoms with Gasteiger partial charge in [-0.15, -0.1) is 0 Å². The minimum absolute atomic E-state index is 0.0548. The third-order valence-corrected chi connectivity index (χ3v) is 3.10. The van der Waals surface area contributed by atoms with Gasteiger partial charge in [0.25, 0.3) is 0 Å². The number of unbranched alkanes of at least 4 members (excludes halogenated alkanes) is 1. The van der Waals surface area contributed by atoms with Crippen LogP contribution in [-0.2, 0) is 14.3 Å². The first-order chi connectivity index (χ1) is 8.79. The minimum Gasteiger partial charge on any atom is -0.486 e. The van der Waals surface area contributed by atoms with Gasteiger partial charge in [-0.3, -0.25) is 4.79 Å². The van der Waals surface area contributed by atoms with Crippen LogP contribution >= 0.6 is 0 Å². The van der Waals surface area contributed by atoms with Crippen LogP contribution in [0.15, 0.2) is 23.7 Å². The van der Waals surface area contributed by atoms with Crippen molar-refractivity contribution in [3.05, 3.63) is 23.7 Å². The normalized spacial score (nSPS) is 21.9. The zero-order valence-corrected chi connectivity index (χ0v) is 10.9. The molecule has 4 nitrogen and oxygen atoms in total. The molecule has 18 heavy (non-hydrogen) atoms. The van der Waals surface area contributed by atoms with Crippen LogP contribution in [0.1, 0.15) is 39.0 Å². The first-order valence-electron chi connectivity index (χ1n) is 6.75. The van der Waals surface area contributed by atoms with Crippen LogP contribution in [-0.4, -0.2) is 25.2 Å². The van der Waals surface area contributed by atoms with E-state index in [2.05, 4.69) is 18.3 Å². The van der Waals surface area contributed by atoms with Gasteiger partial charge in [0.05, 0.1) is 6.54 Å². The second-order valence-electron chi connectivity index (χ2n) is 4.69. The van der Waals surface area contributed by atoms with Crippen molar-refractivity contribution in [2.75, 3.05) is 13.2 Å². The molecular weight excluding hydrogens is 230 g/mol. The molecule has 1 aliphatic carbocycles. The van der Waals surface area contributed by atoms with Gasteiger partial charge in [0.2, 0.25) is 5.91 Å². The number of carbonyl (C=O) groups excluding carboxylic acids is 1. The molecule has 0 aromatic heterocycles. The van der Waals surface area contributed by atoms with Crippen LogP contribution < -0.4 is 5.32 Å². The van der Waals surface area contributed by atoms with Gasteiger partial charge in [0, 0.05) is 12.8 Å². The Balaban J connectivity index is 1.74. The smallest absolute Gasteiger partial charge is 0.220 e. The molecule has 1 atom stereocenters. The molecule has 0 aromatic rings. The summed E-state index contributed by atoms with van der Waals surface area (Å²) in [5.74, 6) is 1.88. The second kappa shape index (κ2) is 6.47. The summed E-state index contributed by atoms with van der Waals surface area (Å²) in [4.78, 5) is 11.5. The molecule has 4 heteroatoms. The quantitative estimate of drug-likeness (QED) is 0.815. The number of hydrogen-bond acceptors (Lipinski definition) is 3. The Morgan fingerprint density at radius 3 is 3.28 bits per heavy atom. The number of allylic oxidation sites excluding steroid dienone is 3. The SMILES string of the molecule is CCCCC(=O)NCC1COC2=C(CCC=C2)O1. The van der Waals surface area contributed by atoms with Crippen molar-refractivity contribution in [1.82, 2.24) is 5.32 Å². The molecule has 2 aliphatic rings. The number of rotatable bonds is 5. The zero-order valence-electron chi connectivity index (χ0n) is 10.9. The number of carbonyl (C=O) groups is 1. The van der Waals surface area contributed by atoms with E-state index in [-0.39, 0.29) is 12.0 Å². The molecule has 0 radical (unpaired) electrons. The summed E-state index contributed by atoms with van der Waals surface area (Å²) in [6.07, 6.45) is 8.47. The first-order valence-corrected chi connectivity index (χ1v) is 6.75. The summed E-state index contributed by atoms with van der Waals surface area (Å²) in [5.41, 5.74) is 0. The Bertz CT molecular complexity index is 360. The maximum atomic E-state index is 11.5. The van der Waals surface area contributed by atoms with Crippen LogP contribution in [0, 0.1) is 0 Å². The Labute approximate surface area is 108 Å². The summed E-state index contributed by atoms with van der Waals surface area (Å²) < 4.78 is 11.5. The highest BCUT2D eigenvalue weighted by atomic mass is 16.6. The Hall–Kier alpha value is -1.45. The van der Waals surface area contributed by atoms with E-state index in [1.54, 1.807) is 0 Å². The molecule has 100 valence electrons. The second-order valence-corrected chi connectivity index (χ2v) is 4.69. The van der Waals surface area contributed by atoms with Crippen LogP contribution in [0.2, 0.25) is 0 Å². The minimum atomic E-state index is -0.0548. The largest absolute Gasteiger partial charge is 0.486 e. The first kappa shape index (κ1) is 13.0. The van der Waals surface area contributed by atoms with Gasteiger partial charge in [0.15, 0.2) is 5.76 Å². The van der Waals surface area contributed by atoms with Gasteiger partial charge in [0.1, 0.15) is 18.5 Å². The fourth-order valence-electron chi connectivity index (χ4n) is 2.04. The summed E-state index contributed by atoms with van der Waals surface area (Å²) in [5, 5.41) is 2.90. The summed E-state index contributed by atoms with van der Waals surface area (Å²) in [6, 6.07) is 0. The highest BCUT2D eigenvalue weighted by molar-refractivity contribution is 5.75. The fourth-order valence-corrected chi connectivity index (χ4v) is 2.04. The van der Waals surface area contributed by atoms with Gasteiger partial charge in [-0.2, -0.15) is 0 Å². The standard InChI is InChI=1S/C14H21NO3/c1-2-3-8-14(16)15-9-11-10-17-12-6-4-5-7-13(12)18-11/h4,6,11H,2-3,5,7-10H2,1H3,(H,15,16). The van der Waals surface area contributed by atoms with Crippen molar-refractivity contribution < 1.29 is 14.3 Å². The molecule has 0 saturated heterocycles. The van der Waals surface area contributed by atoms with Crippen molar-refractivity contribution in [3.8, 4) is 0 Å². The molecule has 0 bridgehead atoms. The Morgan fingerprint density at radius 2 is 2.44 bits per heavy atom. The van der Waals surface area contributed by atoms with Crippen molar-refractivity contribution in [2.45, 2.75) is 45.1 Å². The number of hydrogen-bond donors (Lipinski definition) is 1. The van der Waals surface area contributed by atoms with E-state index in [1.165, 1.54) is 0 Å². The summed E-state index contributed by atoms with van der Waals surface area (Å²) >= 11 is 0. The predicted octanol–water partition coefficient (Wildman–Crippen LogP) is 2.27. The molecule has 1 unspecified atom stereocenters. The van der Waals surface area contributed by atoms with Crippen LogP contribution in [0.25, 0.3) is 0 Å². The molecule has 1 amide bonds. The van der Waals surface area contributed by atoms with E-state index in [9.17, 15) is 4.79 Å². The third-order valence-electron chi connectivity index (χ3n) is 3.10. The van der Waals surface area contributed by atoms with E-state index >= 15 is 0 Å². The summed E-state index contributed by atoms with van der Waals surface area (Å²) in [6.45, 7) is 3.12. The number of ether oxygens (including phenoxy) is 2. The molecule has 1 aliphatic heterocycles. The highest BCUT2D eigenvalue weighted by Crippen LogP contribution is 2.26. The van der Waals surface area contributed by atoms with E-state index in [0.717, 1.165) is 37.2 Å². The predicted molar refractivity (Wildman–Crippen MR) is 68.8 cm³/mol. The van der Waals surface area contributed by atoms with Crippen molar-refractivity contribution in [1.29, 1.82) is 0 Å². The average Bonchev–Trinajstić information content (AvgIpc) is 2.42. The lowest BCUT2D eigenvalue weighted by atomic mass is 10.1. The van der Waals surface area contributed by atoms with Crippen LogP contribution in [0.4, 0.5) is 0 Å². The highest BCUT2D eigenvalue weighted by Gasteiger charge is 2.23. The lowest BCUT2D eigenvalue weighted by molar-refractivity contribution is -0.122. The molecule has 0 fully saturated rings. The Morgan fingerprint density at radius 1 is 1.56 bits per heavy atom. The lowest BCUT2D eigenvalue weighted by Gasteiger charge is -2.29. The van der Waals surface area contributed by atoms with Gasteiger partial charge in [-0.25, -0.2) is 0 Å². The topological polar surface area (TPSA) is 47.6 Å². The van der Waals surface area contributed by atoms with Gasteiger partial charge in [-0.05, 0) is 18.9 Å². The molecule has 1 N–H and O–H groups in total.